The van der Waals surface area contributed by atoms with Crippen molar-refractivity contribution in [2.75, 3.05) is 32.8 Å². The Morgan fingerprint density at radius 2 is 2.11 bits per heavy atom. The Labute approximate surface area is 111 Å². The summed E-state index contributed by atoms with van der Waals surface area (Å²) in [5.41, 5.74) is -0.229. The molecule has 0 saturated carbocycles. The molecular formula is C14H28N2O2. The van der Waals surface area contributed by atoms with Gasteiger partial charge in [-0.1, -0.05) is 20.8 Å². The summed E-state index contributed by atoms with van der Waals surface area (Å²) in [6.45, 7) is 14.4. The number of nitrogens with zero attached hydrogens (tertiary/aromatic N) is 1. The molecule has 106 valence electrons. The molecular weight excluding hydrogens is 228 g/mol. The van der Waals surface area contributed by atoms with Gasteiger partial charge in [-0.15, -0.1) is 0 Å². The summed E-state index contributed by atoms with van der Waals surface area (Å²) in [5, 5.41) is 3.28. The molecule has 1 fully saturated rings. The van der Waals surface area contributed by atoms with Gasteiger partial charge in [0.05, 0.1) is 6.61 Å². The summed E-state index contributed by atoms with van der Waals surface area (Å²) >= 11 is 0. The number of ether oxygens (including phenoxy) is 1. The van der Waals surface area contributed by atoms with Crippen LogP contribution in [0, 0.1) is 5.41 Å². The van der Waals surface area contributed by atoms with Gasteiger partial charge in [0.1, 0.15) is 5.54 Å². The number of esters is 1. The lowest BCUT2D eigenvalue weighted by atomic mass is 9.93. The van der Waals surface area contributed by atoms with Crippen LogP contribution in [-0.2, 0) is 9.53 Å². The lowest BCUT2D eigenvalue weighted by molar-refractivity contribution is -0.151. The Bertz CT molecular complexity index is 292. The Morgan fingerprint density at radius 3 is 2.56 bits per heavy atom. The van der Waals surface area contributed by atoms with E-state index < -0.39 is 5.54 Å². The van der Waals surface area contributed by atoms with E-state index in [9.17, 15) is 4.79 Å². The number of likely N-dealkylation sites (tertiary alicyclic amines) is 1. The average molecular weight is 256 g/mol. The minimum atomic E-state index is -0.592. The van der Waals surface area contributed by atoms with Crippen molar-refractivity contribution in [3.05, 3.63) is 0 Å². The van der Waals surface area contributed by atoms with Crippen molar-refractivity contribution >= 4 is 5.97 Å². The molecule has 0 bridgehead atoms. The standard InChI is InChI=1S/C14H28N2O2/c1-6-15-14(5,12(17)18-7-2)11-16-9-8-13(3,4)10-16/h15H,6-11H2,1-5H3. The van der Waals surface area contributed by atoms with Gasteiger partial charge in [0.2, 0.25) is 0 Å². The van der Waals surface area contributed by atoms with Crippen LogP contribution >= 0.6 is 0 Å². The molecule has 0 radical (unpaired) electrons. The first kappa shape index (κ1) is 15.4. The van der Waals surface area contributed by atoms with Crippen LogP contribution in [0.15, 0.2) is 0 Å². The molecule has 0 aromatic heterocycles. The third kappa shape index (κ3) is 3.95. The van der Waals surface area contributed by atoms with Crippen LogP contribution in [0.4, 0.5) is 0 Å². The molecule has 1 aliphatic heterocycles. The molecule has 1 heterocycles. The molecule has 4 heteroatoms. The minimum Gasteiger partial charge on any atom is -0.465 e. The fraction of sp³-hybridized carbons (Fsp3) is 0.929. The second kappa shape index (κ2) is 6.02. The van der Waals surface area contributed by atoms with Crippen LogP contribution in [0.2, 0.25) is 0 Å². The molecule has 1 rings (SSSR count). The van der Waals surface area contributed by atoms with Gasteiger partial charge >= 0.3 is 5.97 Å². The highest BCUT2D eigenvalue weighted by atomic mass is 16.5. The third-order valence-corrected chi connectivity index (χ3v) is 3.59. The number of hydrogen-bond donors (Lipinski definition) is 1. The maximum Gasteiger partial charge on any atom is 0.327 e. The first-order valence-corrected chi connectivity index (χ1v) is 6.97. The summed E-state index contributed by atoms with van der Waals surface area (Å²) < 4.78 is 5.19. The Hall–Kier alpha value is -0.610. The number of hydrogen-bond acceptors (Lipinski definition) is 4. The van der Waals surface area contributed by atoms with Gasteiger partial charge in [-0.3, -0.25) is 4.79 Å². The van der Waals surface area contributed by atoms with Gasteiger partial charge in [0.15, 0.2) is 0 Å². The molecule has 4 nitrogen and oxygen atoms in total. The topological polar surface area (TPSA) is 41.6 Å². The quantitative estimate of drug-likeness (QED) is 0.734. The minimum absolute atomic E-state index is 0.142. The molecule has 0 aromatic rings. The number of likely N-dealkylation sites (N-methyl/N-ethyl adjacent to an activating group) is 1. The molecule has 1 N–H and O–H groups in total. The lowest BCUT2D eigenvalue weighted by Crippen LogP contribution is -2.57. The van der Waals surface area contributed by atoms with E-state index in [4.69, 9.17) is 4.74 Å². The zero-order valence-electron chi connectivity index (χ0n) is 12.5. The van der Waals surface area contributed by atoms with Crippen LogP contribution in [-0.4, -0.2) is 49.2 Å². The van der Waals surface area contributed by atoms with Gasteiger partial charge in [0.25, 0.3) is 0 Å². The number of nitrogens with one attached hydrogen (secondary N) is 1. The maximum atomic E-state index is 12.1. The first-order valence-electron chi connectivity index (χ1n) is 6.97. The second-order valence-corrected chi connectivity index (χ2v) is 6.21. The molecule has 1 unspecified atom stereocenters. The number of carbonyl (C=O) groups excluding carboxylic acids is 1. The first-order chi connectivity index (χ1) is 8.33. The summed E-state index contributed by atoms with van der Waals surface area (Å²) in [7, 11) is 0. The number of rotatable bonds is 6. The van der Waals surface area contributed by atoms with Crippen LogP contribution in [0.25, 0.3) is 0 Å². The zero-order valence-corrected chi connectivity index (χ0v) is 12.5. The van der Waals surface area contributed by atoms with Crippen LogP contribution in [0.1, 0.15) is 41.0 Å². The third-order valence-electron chi connectivity index (χ3n) is 3.59. The fourth-order valence-electron chi connectivity index (χ4n) is 2.68. The summed E-state index contributed by atoms with van der Waals surface area (Å²) in [6.07, 6.45) is 1.19. The van der Waals surface area contributed by atoms with Crippen molar-refractivity contribution in [2.45, 2.75) is 46.6 Å². The SMILES string of the molecule is CCNC(C)(CN1CCC(C)(C)C1)C(=O)OCC. The van der Waals surface area contributed by atoms with Gasteiger partial charge in [-0.05, 0) is 38.8 Å². The van der Waals surface area contributed by atoms with Crippen molar-refractivity contribution in [1.29, 1.82) is 0 Å². The van der Waals surface area contributed by atoms with Crippen molar-refractivity contribution in [3.63, 3.8) is 0 Å². The molecule has 1 aliphatic rings. The van der Waals surface area contributed by atoms with Crippen molar-refractivity contribution < 1.29 is 9.53 Å². The van der Waals surface area contributed by atoms with E-state index in [1.165, 1.54) is 6.42 Å². The normalized spacial score (nSPS) is 22.7. The van der Waals surface area contributed by atoms with E-state index in [1.807, 2.05) is 20.8 Å². The predicted molar refractivity (Wildman–Crippen MR) is 73.6 cm³/mol. The van der Waals surface area contributed by atoms with E-state index in [0.717, 1.165) is 26.2 Å². The monoisotopic (exact) mass is 256 g/mol. The predicted octanol–water partition coefficient (Wildman–Crippen LogP) is 1.65. The highest BCUT2D eigenvalue weighted by Crippen LogP contribution is 2.29. The summed E-state index contributed by atoms with van der Waals surface area (Å²) in [4.78, 5) is 14.5. The van der Waals surface area contributed by atoms with Gasteiger partial charge in [-0.25, -0.2) is 0 Å². The van der Waals surface area contributed by atoms with Crippen LogP contribution in [0.5, 0.6) is 0 Å². The van der Waals surface area contributed by atoms with E-state index in [1.54, 1.807) is 0 Å². The summed E-state index contributed by atoms with van der Waals surface area (Å²) in [5.74, 6) is -0.142. The van der Waals surface area contributed by atoms with Crippen molar-refractivity contribution in [3.8, 4) is 0 Å². The zero-order chi connectivity index (χ0) is 13.8. The smallest absolute Gasteiger partial charge is 0.327 e. The Kier molecular flexibility index (Phi) is 5.17. The van der Waals surface area contributed by atoms with E-state index in [2.05, 4.69) is 24.1 Å². The van der Waals surface area contributed by atoms with Crippen LogP contribution in [0.3, 0.4) is 0 Å². The molecule has 1 saturated heterocycles. The van der Waals surface area contributed by atoms with Crippen molar-refractivity contribution in [1.82, 2.24) is 10.2 Å². The van der Waals surface area contributed by atoms with Crippen molar-refractivity contribution in [2.24, 2.45) is 5.41 Å². The lowest BCUT2D eigenvalue weighted by Gasteiger charge is -2.32. The van der Waals surface area contributed by atoms with Gasteiger partial charge < -0.3 is 15.0 Å². The largest absolute Gasteiger partial charge is 0.465 e. The Morgan fingerprint density at radius 1 is 1.44 bits per heavy atom. The average Bonchev–Trinajstić information content (AvgIpc) is 2.58. The van der Waals surface area contributed by atoms with E-state index >= 15 is 0 Å². The second-order valence-electron chi connectivity index (χ2n) is 6.21. The summed E-state index contributed by atoms with van der Waals surface area (Å²) in [6, 6.07) is 0. The molecule has 1 atom stereocenters. The number of carbonyl (C=O) groups is 1. The van der Waals surface area contributed by atoms with Crippen LogP contribution < -0.4 is 5.32 Å². The highest BCUT2D eigenvalue weighted by molar-refractivity contribution is 5.80. The van der Waals surface area contributed by atoms with Gasteiger partial charge in [0, 0.05) is 13.1 Å². The molecule has 0 aliphatic carbocycles. The van der Waals surface area contributed by atoms with E-state index in [-0.39, 0.29) is 5.97 Å². The van der Waals surface area contributed by atoms with E-state index in [0.29, 0.717) is 12.0 Å². The molecule has 18 heavy (non-hydrogen) atoms. The molecule has 0 spiro atoms. The van der Waals surface area contributed by atoms with Gasteiger partial charge in [-0.2, -0.15) is 0 Å². The fourth-order valence-corrected chi connectivity index (χ4v) is 2.68. The highest BCUT2D eigenvalue weighted by Gasteiger charge is 2.39. The molecule has 0 amide bonds. The Balaban J connectivity index is 2.65. The molecule has 0 aromatic carbocycles. The maximum absolute atomic E-state index is 12.1.